The number of nitriles is 1. The van der Waals surface area contributed by atoms with Crippen LogP contribution in [0.2, 0.25) is 0 Å². The van der Waals surface area contributed by atoms with Crippen molar-refractivity contribution in [2.24, 2.45) is 0 Å². The first-order chi connectivity index (χ1) is 12.0. The number of thiophene rings is 1. The molecule has 0 amide bonds. The molecule has 1 atom stereocenters. The van der Waals surface area contributed by atoms with Crippen molar-refractivity contribution in [2.75, 3.05) is 0 Å². The Hall–Kier alpha value is -2.46. The second-order valence-corrected chi connectivity index (χ2v) is 8.31. The molecule has 0 aliphatic heterocycles. The van der Waals surface area contributed by atoms with E-state index >= 15 is 0 Å². The maximum absolute atomic E-state index is 12.8. The van der Waals surface area contributed by atoms with Crippen LogP contribution >= 0.6 is 11.3 Å². The zero-order valence-electron chi connectivity index (χ0n) is 13.5. The zero-order valence-corrected chi connectivity index (χ0v) is 15.1. The van der Waals surface area contributed by atoms with Crippen molar-refractivity contribution in [1.82, 2.24) is 4.72 Å². The minimum atomic E-state index is -3.77. The van der Waals surface area contributed by atoms with Crippen LogP contribution in [0.15, 0.2) is 70.9 Å². The predicted molar refractivity (Wildman–Crippen MR) is 98.8 cm³/mol. The molecule has 2 aromatic carbocycles. The minimum absolute atomic E-state index is 0.0835. The molecule has 1 aromatic heterocycles. The van der Waals surface area contributed by atoms with E-state index in [9.17, 15) is 8.42 Å². The third kappa shape index (κ3) is 3.97. The molecule has 3 rings (SSSR count). The summed E-state index contributed by atoms with van der Waals surface area (Å²) in [6.07, 6.45) is 0. The van der Waals surface area contributed by atoms with Crippen molar-refractivity contribution in [1.29, 1.82) is 5.26 Å². The van der Waals surface area contributed by atoms with Gasteiger partial charge in [-0.05, 0) is 42.1 Å². The number of nitrogens with zero attached hydrogens (tertiary/aromatic N) is 1. The maximum Gasteiger partial charge on any atom is 0.241 e. The number of nitrogens with one attached hydrogen (secondary N) is 1. The van der Waals surface area contributed by atoms with E-state index in [0.717, 1.165) is 16.0 Å². The van der Waals surface area contributed by atoms with Gasteiger partial charge in [0.05, 0.1) is 22.6 Å². The molecule has 4 nitrogen and oxygen atoms in total. The first kappa shape index (κ1) is 17.4. The van der Waals surface area contributed by atoms with Crippen molar-refractivity contribution in [2.45, 2.75) is 17.9 Å². The van der Waals surface area contributed by atoms with Gasteiger partial charge >= 0.3 is 0 Å². The lowest BCUT2D eigenvalue weighted by Gasteiger charge is -2.18. The maximum atomic E-state index is 12.8. The normalized spacial score (nSPS) is 12.5. The molecule has 126 valence electrons. The van der Waals surface area contributed by atoms with Gasteiger partial charge in [0.25, 0.3) is 0 Å². The topological polar surface area (TPSA) is 70.0 Å². The van der Waals surface area contributed by atoms with Crippen LogP contribution in [0.25, 0.3) is 0 Å². The van der Waals surface area contributed by atoms with Crippen molar-refractivity contribution in [3.8, 4) is 6.07 Å². The van der Waals surface area contributed by atoms with Crippen LogP contribution in [0, 0.1) is 18.3 Å². The van der Waals surface area contributed by atoms with Gasteiger partial charge in [-0.1, -0.05) is 42.0 Å². The average molecular weight is 368 g/mol. The fourth-order valence-corrected chi connectivity index (χ4v) is 4.59. The molecule has 6 heteroatoms. The number of aryl methyl sites for hydroxylation is 1. The van der Waals surface area contributed by atoms with Crippen molar-refractivity contribution in [3.05, 3.63) is 87.6 Å². The Kier molecular flexibility index (Phi) is 5.00. The minimum Gasteiger partial charge on any atom is -0.207 e. The van der Waals surface area contributed by atoms with Gasteiger partial charge in [-0.3, -0.25) is 0 Å². The summed E-state index contributed by atoms with van der Waals surface area (Å²) < 4.78 is 28.4. The Morgan fingerprint density at radius 2 is 1.84 bits per heavy atom. The summed E-state index contributed by atoms with van der Waals surface area (Å²) in [5, 5.41) is 10.9. The number of hydrogen-bond acceptors (Lipinski definition) is 4. The number of sulfonamides is 1. The third-order valence-electron chi connectivity index (χ3n) is 3.78. The fourth-order valence-electron chi connectivity index (χ4n) is 2.46. The molecule has 1 heterocycles. The van der Waals surface area contributed by atoms with E-state index in [0.29, 0.717) is 5.56 Å². The molecule has 0 bridgehead atoms. The number of hydrogen-bond donors (Lipinski definition) is 1. The lowest BCUT2D eigenvalue weighted by Crippen LogP contribution is -2.29. The van der Waals surface area contributed by atoms with Gasteiger partial charge in [-0.25, -0.2) is 8.42 Å². The standard InChI is InChI=1S/C19H16N2O2S2/c1-14-7-9-16(10-8-14)19(18-6-3-11-24-18)21-25(22,23)17-5-2-4-15(12-17)13-20/h2-12,19,21H,1H3/t19-/m0/s1. The van der Waals surface area contributed by atoms with Crippen LogP contribution < -0.4 is 4.72 Å². The Morgan fingerprint density at radius 1 is 1.08 bits per heavy atom. The van der Waals surface area contributed by atoms with Crippen LogP contribution in [-0.4, -0.2) is 8.42 Å². The molecule has 0 aliphatic rings. The van der Waals surface area contributed by atoms with Gasteiger partial charge in [-0.15, -0.1) is 11.3 Å². The SMILES string of the molecule is Cc1ccc([C@H](NS(=O)(=O)c2cccc(C#N)c2)c2cccs2)cc1. The summed E-state index contributed by atoms with van der Waals surface area (Å²) in [5.41, 5.74) is 2.29. The van der Waals surface area contributed by atoms with E-state index in [4.69, 9.17) is 5.26 Å². The van der Waals surface area contributed by atoms with E-state index in [1.165, 1.54) is 23.5 Å². The first-order valence-corrected chi connectivity index (χ1v) is 9.98. The average Bonchev–Trinajstić information content (AvgIpc) is 3.15. The molecule has 0 fully saturated rings. The summed E-state index contributed by atoms with van der Waals surface area (Å²) in [4.78, 5) is 0.990. The molecule has 0 saturated heterocycles. The highest BCUT2D eigenvalue weighted by molar-refractivity contribution is 7.89. The van der Waals surface area contributed by atoms with Crippen molar-refractivity contribution >= 4 is 21.4 Å². The van der Waals surface area contributed by atoms with Crippen LogP contribution in [-0.2, 0) is 10.0 Å². The lowest BCUT2D eigenvalue weighted by atomic mass is 10.0. The Balaban J connectivity index is 2.00. The van der Waals surface area contributed by atoms with Crippen LogP contribution in [0.5, 0.6) is 0 Å². The lowest BCUT2D eigenvalue weighted by molar-refractivity contribution is 0.573. The van der Waals surface area contributed by atoms with E-state index < -0.39 is 16.1 Å². The molecule has 0 aliphatic carbocycles. The quantitative estimate of drug-likeness (QED) is 0.740. The Morgan fingerprint density at radius 3 is 2.48 bits per heavy atom. The summed E-state index contributed by atoms with van der Waals surface area (Å²) in [5.74, 6) is 0. The van der Waals surface area contributed by atoms with Crippen LogP contribution in [0.1, 0.15) is 27.6 Å². The molecule has 0 radical (unpaired) electrons. The third-order valence-corrected chi connectivity index (χ3v) is 6.14. The van der Waals surface area contributed by atoms with E-state index in [1.54, 1.807) is 12.1 Å². The van der Waals surface area contributed by atoms with Crippen LogP contribution in [0.4, 0.5) is 0 Å². The fraction of sp³-hybridized carbons (Fsp3) is 0.105. The smallest absolute Gasteiger partial charge is 0.207 e. The van der Waals surface area contributed by atoms with Crippen molar-refractivity contribution < 1.29 is 8.42 Å². The second kappa shape index (κ2) is 7.19. The van der Waals surface area contributed by atoms with Gasteiger partial charge < -0.3 is 0 Å². The van der Waals surface area contributed by atoms with Gasteiger partial charge in [0.15, 0.2) is 0 Å². The van der Waals surface area contributed by atoms with E-state index in [2.05, 4.69) is 4.72 Å². The second-order valence-electron chi connectivity index (χ2n) is 5.62. The number of benzene rings is 2. The van der Waals surface area contributed by atoms with Crippen LogP contribution in [0.3, 0.4) is 0 Å². The summed E-state index contributed by atoms with van der Waals surface area (Å²) >= 11 is 1.49. The van der Waals surface area contributed by atoms with Gasteiger partial charge in [0.1, 0.15) is 0 Å². The number of rotatable bonds is 5. The van der Waals surface area contributed by atoms with E-state index in [-0.39, 0.29) is 4.90 Å². The highest BCUT2D eigenvalue weighted by Crippen LogP contribution is 2.28. The van der Waals surface area contributed by atoms with E-state index in [1.807, 2.05) is 54.8 Å². The van der Waals surface area contributed by atoms with Gasteiger partial charge in [0, 0.05) is 4.88 Å². The summed E-state index contributed by atoms with van der Waals surface area (Å²) in [6, 6.07) is 19.1. The molecule has 1 N–H and O–H groups in total. The molecule has 0 saturated carbocycles. The molecule has 0 unspecified atom stereocenters. The first-order valence-electron chi connectivity index (χ1n) is 7.62. The summed E-state index contributed by atoms with van der Waals surface area (Å²) in [6.45, 7) is 1.99. The molecule has 3 aromatic rings. The molecule has 0 spiro atoms. The monoisotopic (exact) mass is 368 g/mol. The molecular weight excluding hydrogens is 352 g/mol. The molecule has 25 heavy (non-hydrogen) atoms. The summed E-state index contributed by atoms with van der Waals surface area (Å²) in [7, 11) is -3.77. The Labute approximate surface area is 151 Å². The Bertz CT molecular complexity index is 1000. The largest absolute Gasteiger partial charge is 0.241 e. The highest BCUT2D eigenvalue weighted by Gasteiger charge is 2.23. The predicted octanol–water partition coefficient (Wildman–Crippen LogP) is 4.00. The van der Waals surface area contributed by atoms with Gasteiger partial charge in [-0.2, -0.15) is 9.98 Å². The van der Waals surface area contributed by atoms with Gasteiger partial charge in [0.2, 0.25) is 10.0 Å². The zero-order chi connectivity index (χ0) is 17.9. The molecular formula is C19H16N2O2S2. The highest BCUT2D eigenvalue weighted by atomic mass is 32.2. The van der Waals surface area contributed by atoms with Crippen molar-refractivity contribution in [3.63, 3.8) is 0 Å².